The van der Waals surface area contributed by atoms with E-state index in [9.17, 15) is 27.2 Å². The van der Waals surface area contributed by atoms with Gasteiger partial charge in [-0.15, -0.1) is 0 Å². The number of ether oxygens (including phenoxy) is 3. The van der Waals surface area contributed by atoms with Crippen LogP contribution in [0.5, 0.6) is 17.4 Å². The molecule has 3 N–H and O–H groups in total. The van der Waals surface area contributed by atoms with Crippen molar-refractivity contribution in [3.8, 4) is 17.4 Å². The predicted molar refractivity (Wildman–Crippen MR) is 101 cm³/mol. The van der Waals surface area contributed by atoms with E-state index in [4.69, 9.17) is 26.8 Å². The molecule has 0 unspecified atom stereocenters. The Kier molecular flexibility index (Phi) is 7.16. The van der Waals surface area contributed by atoms with Crippen molar-refractivity contribution in [3.05, 3.63) is 40.3 Å². The summed E-state index contributed by atoms with van der Waals surface area (Å²) in [6.07, 6.45) is -7.27. The number of hydrogen-bond donors (Lipinski definition) is 2. The minimum Gasteiger partial charge on any atom is -0.480 e. The van der Waals surface area contributed by atoms with Crippen LogP contribution < -0.4 is 25.3 Å². The fourth-order valence-electron chi connectivity index (χ4n) is 2.29. The number of amides is 2. The highest BCUT2D eigenvalue weighted by molar-refractivity contribution is 6.35. The first-order chi connectivity index (χ1) is 14.3. The maximum atomic E-state index is 14.3. The highest BCUT2D eigenvalue weighted by Crippen LogP contribution is 2.35. The molecule has 2 aromatic rings. The standard InChI is InChI=1S/C18H16ClF4N3O5/c1-7-6-25-16(29-3)13(19)14(7)26-15(27)9-4-10(20)12(31-17(24)28)5-11(9)30-8(2)18(21,22)23/h4-6,8H,1-3H3,(H2,24,28)(H,25,26,27)/t8-/m0/s1. The number of benzene rings is 1. The molecule has 0 aliphatic rings. The number of halogens is 5. The number of carbonyl (C=O) groups excluding carboxylic acids is 2. The molecule has 0 bridgehead atoms. The zero-order valence-electron chi connectivity index (χ0n) is 16.3. The van der Waals surface area contributed by atoms with Crippen molar-refractivity contribution < 1.29 is 41.4 Å². The van der Waals surface area contributed by atoms with Gasteiger partial charge in [0.25, 0.3) is 5.91 Å². The first-order valence-corrected chi connectivity index (χ1v) is 8.77. The molecule has 1 aromatic heterocycles. The van der Waals surface area contributed by atoms with Gasteiger partial charge in [-0.3, -0.25) is 4.79 Å². The Hall–Kier alpha value is -3.28. The van der Waals surface area contributed by atoms with Crippen molar-refractivity contribution in [3.63, 3.8) is 0 Å². The molecule has 0 spiro atoms. The number of nitrogens with zero attached hydrogens (tertiary/aromatic N) is 1. The number of primary amides is 1. The molecule has 1 aromatic carbocycles. The molecule has 0 fully saturated rings. The topological polar surface area (TPSA) is 113 Å². The van der Waals surface area contributed by atoms with Gasteiger partial charge in [0.15, 0.2) is 17.7 Å². The second-order valence-electron chi connectivity index (χ2n) is 6.10. The van der Waals surface area contributed by atoms with Crippen molar-refractivity contribution in [2.75, 3.05) is 12.4 Å². The number of rotatable bonds is 6. The van der Waals surface area contributed by atoms with Gasteiger partial charge < -0.3 is 25.3 Å². The molecule has 8 nitrogen and oxygen atoms in total. The average molecular weight is 466 g/mol. The molecule has 31 heavy (non-hydrogen) atoms. The summed E-state index contributed by atoms with van der Waals surface area (Å²) in [5.41, 5.74) is 4.61. The third-order valence-electron chi connectivity index (χ3n) is 3.86. The summed E-state index contributed by atoms with van der Waals surface area (Å²) in [4.78, 5) is 27.6. The van der Waals surface area contributed by atoms with Crippen molar-refractivity contribution in [1.29, 1.82) is 0 Å². The lowest BCUT2D eigenvalue weighted by atomic mass is 10.1. The number of aryl methyl sites for hydroxylation is 1. The third kappa shape index (κ3) is 5.66. The van der Waals surface area contributed by atoms with E-state index in [1.54, 1.807) is 6.92 Å². The summed E-state index contributed by atoms with van der Waals surface area (Å²) in [7, 11) is 1.28. The number of nitrogens with two attached hydrogens (primary N) is 1. The van der Waals surface area contributed by atoms with Crippen LogP contribution in [0.15, 0.2) is 18.3 Å². The Balaban J connectivity index is 2.52. The van der Waals surface area contributed by atoms with E-state index >= 15 is 0 Å². The zero-order valence-corrected chi connectivity index (χ0v) is 17.0. The van der Waals surface area contributed by atoms with Crippen LogP contribution in [-0.2, 0) is 0 Å². The lowest BCUT2D eigenvalue weighted by Gasteiger charge is -2.20. The predicted octanol–water partition coefficient (Wildman–Crippen LogP) is 4.23. The van der Waals surface area contributed by atoms with Crippen LogP contribution in [0.4, 0.5) is 28.0 Å². The first kappa shape index (κ1) is 24.0. The number of hydrogen-bond acceptors (Lipinski definition) is 6. The average Bonchev–Trinajstić information content (AvgIpc) is 2.66. The fourth-order valence-corrected chi connectivity index (χ4v) is 2.61. The van der Waals surface area contributed by atoms with Crippen molar-refractivity contribution in [2.24, 2.45) is 5.73 Å². The first-order valence-electron chi connectivity index (χ1n) is 8.39. The van der Waals surface area contributed by atoms with Gasteiger partial charge >= 0.3 is 12.3 Å². The fraction of sp³-hybridized carbons (Fsp3) is 0.278. The van der Waals surface area contributed by atoms with Gasteiger partial charge in [0.05, 0.1) is 18.4 Å². The van der Waals surface area contributed by atoms with E-state index in [1.807, 2.05) is 0 Å². The van der Waals surface area contributed by atoms with Crippen molar-refractivity contribution >= 4 is 29.3 Å². The van der Waals surface area contributed by atoms with Gasteiger partial charge in [0.2, 0.25) is 5.88 Å². The normalized spacial score (nSPS) is 12.1. The van der Waals surface area contributed by atoms with E-state index in [0.717, 1.165) is 0 Å². The Morgan fingerprint density at radius 3 is 2.45 bits per heavy atom. The third-order valence-corrected chi connectivity index (χ3v) is 4.21. The van der Waals surface area contributed by atoms with E-state index in [-0.39, 0.29) is 16.6 Å². The summed E-state index contributed by atoms with van der Waals surface area (Å²) in [5, 5.41) is 2.27. The molecule has 0 saturated heterocycles. The van der Waals surface area contributed by atoms with E-state index in [0.29, 0.717) is 24.6 Å². The van der Waals surface area contributed by atoms with Gasteiger partial charge in [0, 0.05) is 12.3 Å². The number of nitrogens with one attached hydrogen (secondary N) is 1. The number of pyridine rings is 1. The van der Waals surface area contributed by atoms with Crippen LogP contribution >= 0.6 is 11.6 Å². The minimum absolute atomic E-state index is 0.0267. The summed E-state index contributed by atoms with van der Waals surface area (Å²) in [5.74, 6) is -3.87. The quantitative estimate of drug-likeness (QED) is 0.617. The Morgan fingerprint density at radius 2 is 1.90 bits per heavy atom. The van der Waals surface area contributed by atoms with Gasteiger partial charge in [-0.1, -0.05) is 11.6 Å². The summed E-state index contributed by atoms with van der Waals surface area (Å²) in [6.45, 7) is 2.22. The zero-order chi connectivity index (χ0) is 23.5. The molecule has 0 aliphatic heterocycles. The molecule has 2 rings (SSSR count). The van der Waals surface area contributed by atoms with Crippen LogP contribution in [0.3, 0.4) is 0 Å². The highest BCUT2D eigenvalue weighted by atomic mass is 35.5. The Labute approximate surface area is 178 Å². The second-order valence-corrected chi connectivity index (χ2v) is 6.47. The minimum atomic E-state index is -4.80. The van der Waals surface area contributed by atoms with Gasteiger partial charge in [-0.2, -0.15) is 13.2 Å². The Morgan fingerprint density at radius 1 is 1.26 bits per heavy atom. The number of carbonyl (C=O) groups is 2. The van der Waals surface area contributed by atoms with Crippen LogP contribution in [0.25, 0.3) is 0 Å². The van der Waals surface area contributed by atoms with Gasteiger partial charge in [0.1, 0.15) is 10.8 Å². The number of methoxy groups -OCH3 is 1. The number of anilines is 1. The molecule has 1 heterocycles. The smallest absolute Gasteiger partial charge is 0.425 e. The molecule has 168 valence electrons. The van der Waals surface area contributed by atoms with Crippen LogP contribution in [0.2, 0.25) is 5.02 Å². The van der Waals surface area contributed by atoms with Crippen LogP contribution in [-0.4, -0.2) is 36.4 Å². The van der Waals surface area contributed by atoms with E-state index in [1.165, 1.54) is 13.3 Å². The number of alkyl halides is 3. The lowest BCUT2D eigenvalue weighted by molar-refractivity contribution is -0.189. The molecule has 0 aliphatic carbocycles. The molecule has 0 saturated carbocycles. The summed E-state index contributed by atoms with van der Waals surface area (Å²) < 4.78 is 67.3. The van der Waals surface area contributed by atoms with Crippen LogP contribution in [0.1, 0.15) is 22.8 Å². The highest BCUT2D eigenvalue weighted by Gasteiger charge is 2.39. The van der Waals surface area contributed by atoms with Crippen molar-refractivity contribution in [2.45, 2.75) is 26.1 Å². The Bertz CT molecular complexity index is 1020. The van der Waals surface area contributed by atoms with E-state index in [2.05, 4.69) is 15.0 Å². The van der Waals surface area contributed by atoms with Gasteiger partial charge in [-0.05, 0) is 25.5 Å². The van der Waals surface area contributed by atoms with Crippen LogP contribution in [0, 0.1) is 12.7 Å². The monoisotopic (exact) mass is 465 g/mol. The SMILES string of the molecule is COc1ncc(C)c(NC(=O)c2cc(F)c(OC(N)=O)cc2O[C@@H](C)C(F)(F)F)c1Cl. The summed E-state index contributed by atoms with van der Waals surface area (Å²) in [6, 6.07) is 1.15. The summed E-state index contributed by atoms with van der Waals surface area (Å²) >= 11 is 6.12. The molecular weight excluding hydrogens is 450 g/mol. The molecule has 2 amide bonds. The maximum absolute atomic E-state index is 14.3. The van der Waals surface area contributed by atoms with Gasteiger partial charge in [-0.25, -0.2) is 14.2 Å². The molecular formula is C18H16ClF4N3O5. The largest absolute Gasteiger partial charge is 0.480 e. The van der Waals surface area contributed by atoms with Crippen molar-refractivity contribution in [1.82, 2.24) is 4.98 Å². The van der Waals surface area contributed by atoms with E-state index < -0.39 is 47.2 Å². The maximum Gasteiger partial charge on any atom is 0.425 e. The molecule has 0 radical (unpaired) electrons. The second kappa shape index (κ2) is 9.25. The lowest BCUT2D eigenvalue weighted by Crippen LogP contribution is -2.32. The molecule has 13 heteroatoms. The molecule has 1 atom stereocenters. The number of aromatic nitrogens is 1.